The summed E-state index contributed by atoms with van der Waals surface area (Å²) in [6.45, 7) is -0.439. The zero-order valence-electron chi connectivity index (χ0n) is 14.9. The lowest BCUT2D eigenvalue weighted by atomic mass is 9.90. The van der Waals surface area contributed by atoms with Crippen LogP contribution >= 0.6 is 22.9 Å². The molecule has 5 atom stereocenters. The summed E-state index contributed by atoms with van der Waals surface area (Å²) in [7, 11) is 0. The Bertz CT molecular complexity index is 972. The minimum Gasteiger partial charge on any atom is -0.394 e. The SMILES string of the molecule is OCC1OC(c2cccc(Cc3cc4cc(Cl)ccc4s3)c2)[C@H](O)C(O)[C@@H]1O. The summed E-state index contributed by atoms with van der Waals surface area (Å²) in [5.41, 5.74) is 1.73. The second-order valence-electron chi connectivity index (χ2n) is 7.07. The zero-order valence-corrected chi connectivity index (χ0v) is 16.5. The van der Waals surface area contributed by atoms with Gasteiger partial charge < -0.3 is 25.2 Å². The summed E-state index contributed by atoms with van der Waals surface area (Å²) in [6, 6.07) is 15.5. The highest BCUT2D eigenvalue weighted by molar-refractivity contribution is 7.19. The molecule has 7 heteroatoms. The van der Waals surface area contributed by atoms with E-state index < -0.39 is 37.1 Å². The molecule has 1 aliphatic heterocycles. The van der Waals surface area contributed by atoms with Crippen molar-refractivity contribution in [1.82, 2.24) is 0 Å². The van der Waals surface area contributed by atoms with Gasteiger partial charge in [-0.3, -0.25) is 0 Å². The van der Waals surface area contributed by atoms with Gasteiger partial charge in [-0.15, -0.1) is 11.3 Å². The highest BCUT2D eigenvalue weighted by atomic mass is 35.5. The maximum absolute atomic E-state index is 10.3. The first-order chi connectivity index (χ1) is 13.5. The van der Waals surface area contributed by atoms with Crippen LogP contribution in [0.1, 0.15) is 22.1 Å². The van der Waals surface area contributed by atoms with Crippen LogP contribution in [0.15, 0.2) is 48.5 Å². The monoisotopic (exact) mass is 420 g/mol. The summed E-state index contributed by atoms with van der Waals surface area (Å²) < 4.78 is 6.83. The smallest absolute Gasteiger partial charge is 0.113 e. The van der Waals surface area contributed by atoms with Gasteiger partial charge in [0.15, 0.2) is 0 Å². The van der Waals surface area contributed by atoms with Gasteiger partial charge in [-0.1, -0.05) is 35.9 Å². The minimum atomic E-state index is -1.38. The van der Waals surface area contributed by atoms with E-state index in [1.54, 1.807) is 17.4 Å². The van der Waals surface area contributed by atoms with E-state index in [1.165, 1.54) is 9.58 Å². The molecule has 5 nitrogen and oxygen atoms in total. The van der Waals surface area contributed by atoms with E-state index in [4.69, 9.17) is 16.3 Å². The van der Waals surface area contributed by atoms with Crippen molar-refractivity contribution in [2.75, 3.05) is 6.61 Å². The van der Waals surface area contributed by atoms with Gasteiger partial charge in [0.1, 0.15) is 30.5 Å². The average molecular weight is 421 g/mol. The Morgan fingerprint density at radius 3 is 2.57 bits per heavy atom. The molecule has 0 bridgehead atoms. The molecule has 1 saturated heterocycles. The van der Waals surface area contributed by atoms with Crippen LogP contribution in [0.4, 0.5) is 0 Å². The van der Waals surface area contributed by atoms with Gasteiger partial charge in [-0.05, 0) is 40.8 Å². The van der Waals surface area contributed by atoms with Crippen molar-refractivity contribution in [3.8, 4) is 0 Å². The standard InChI is InChI=1S/C21H21ClO5S/c22-14-4-5-17-13(8-14)9-15(28-17)7-11-2-1-3-12(6-11)21-20(26)19(25)18(24)16(10-23)27-21/h1-6,8-9,16,18-21,23-26H,7,10H2/t16?,18-,19?,20-,21?/m1/s1. The number of fused-ring (bicyclic) bond motifs is 1. The third-order valence-electron chi connectivity index (χ3n) is 5.08. The third kappa shape index (κ3) is 3.82. The Morgan fingerprint density at radius 1 is 0.964 bits per heavy atom. The van der Waals surface area contributed by atoms with E-state index in [0.717, 1.165) is 10.9 Å². The summed E-state index contributed by atoms with van der Waals surface area (Å²) in [5.74, 6) is 0. The minimum absolute atomic E-state index is 0.439. The molecule has 148 valence electrons. The van der Waals surface area contributed by atoms with E-state index in [1.807, 2.05) is 36.4 Å². The zero-order chi connectivity index (χ0) is 19.8. The number of benzene rings is 2. The number of hydrogen-bond donors (Lipinski definition) is 4. The topological polar surface area (TPSA) is 90.2 Å². The Morgan fingerprint density at radius 2 is 1.79 bits per heavy atom. The number of rotatable bonds is 4. The predicted octanol–water partition coefficient (Wildman–Crippen LogP) is 2.66. The van der Waals surface area contributed by atoms with Crippen molar-refractivity contribution in [3.63, 3.8) is 0 Å². The summed E-state index contributed by atoms with van der Waals surface area (Å²) >= 11 is 7.77. The normalized spacial score (nSPS) is 28.0. The first-order valence-electron chi connectivity index (χ1n) is 9.03. The molecule has 0 amide bonds. The molecule has 0 aliphatic carbocycles. The first kappa shape index (κ1) is 19.8. The van der Waals surface area contributed by atoms with Crippen molar-refractivity contribution in [3.05, 3.63) is 69.6 Å². The van der Waals surface area contributed by atoms with Gasteiger partial charge >= 0.3 is 0 Å². The first-order valence-corrected chi connectivity index (χ1v) is 10.2. The van der Waals surface area contributed by atoms with Crippen LogP contribution in [0.2, 0.25) is 5.02 Å². The van der Waals surface area contributed by atoms with E-state index in [2.05, 4.69) is 6.07 Å². The van der Waals surface area contributed by atoms with Crippen LogP contribution in [0, 0.1) is 0 Å². The largest absolute Gasteiger partial charge is 0.394 e. The maximum Gasteiger partial charge on any atom is 0.113 e. The van der Waals surface area contributed by atoms with Crippen LogP contribution in [0.25, 0.3) is 10.1 Å². The molecular formula is C21H21ClO5S. The molecular weight excluding hydrogens is 400 g/mol. The molecule has 4 rings (SSSR count). The van der Waals surface area contributed by atoms with E-state index in [-0.39, 0.29) is 0 Å². The Kier molecular flexibility index (Phi) is 5.71. The van der Waals surface area contributed by atoms with Crippen molar-refractivity contribution < 1.29 is 25.2 Å². The fourth-order valence-corrected chi connectivity index (χ4v) is 4.87. The van der Waals surface area contributed by atoms with Crippen LogP contribution < -0.4 is 0 Å². The maximum atomic E-state index is 10.3. The number of thiophene rings is 1. The third-order valence-corrected chi connectivity index (χ3v) is 6.43. The molecule has 28 heavy (non-hydrogen) atoms. The molecule has 3 unspecified atom stereocenters. The molecule has 0 saturated carbocycles. The average Bonchev–Trinajstić information content (AvgIpc) is 3.08. The van der Waals surface area contributed by atoms with Gasteiger partial charge in [0.2, 0.25) is 0 Å². The number of halogens is 1. The summed E-state index contributed by atoms with van der Waals surface area (Å²) in [4.78, 5) is 1.18. The highest BCUT2D eigenvalue weighted by Gasteiger charge is 2.43. The molecule has 4 N–H and O–H groups in total. The molecule has 0 spiro atoms. The molecule has 2 aromatic carbocycles. The van der Waals surface area contributed by atoms with Gasteiger partial charge in [-0.25, -0.2) is 0 Å². The van der Waals surface area contributed by atoms with Gasteiger partial charge in [0.25, 0.3) is 0 Å². The lowest BCUT2D eigenvalue weighted by molar-refractivity contribution is -0.231. The molecule has 1 aromatic heterocycles. The van der Waals surface area contributed by atoms with E-state index >= 15 is 0 Å². The fraction of sp³-hybridized carbons (Fsp3) is 0.333. The van der Waals surface area contributed by atoms with E-state index in [0.29, 0.717) is 17.0 Å². The van der Waals surface area contributed by atoms with Crippen molar-refractivity contribution in [2.24, 2.45) is 0 Å². The van der Waals surface area contributed by atoms with Crippen molar-refractivity contribution >= 4 is 33.0 Å². The quantitative estimate of drug-likeness (QED) is 0.521. The number of ether oxygens (including phenoxy) is 1. The lowest BCUT2D eigenvalue weighted by Gasteiger charge is -2.40. The van der Waals surface area contributed by atoms with Crippen molar-refractivity contribution in [2.45, 2.75) is 36.9 Å². The summed E-state index contributed by atoms with van der Waals surface area (Å²) in [6.07, 6.45) is -5.05. The fourth-order valence-electron chi connectivity index (χ4n) is 3.61. The van der Waals surface area contributed by atoms with Crippen molar-refractivity contribution in [1.29, 1.82) is 0 Å². The molecule has 0 radical (unpaired) electrons. The van der Waals surface area contributed by atoms with Crippen LogP contribution in [-0.2, 0) is 11.2 Å². The van der Waals surface area contributed by atoms with Crippen LogP contribution in [0.3, 0.4) is 0 Å². The molecule has 1 aliphatic rings. The number of hydrogen-bond acceptors (Lipinski definition) is 6. The molecule has 3 aromatic rings. The summed E-state index contributed by atoms with van der Waals surface area (Å²) in [5, 5.41) is 41.5. The highest BCUT2D eigenvalue weighted by Crippen LogP contribution is 2.34. The second-order valence-corrected chi connectivity index (χ2v) is 8.67. The Labute approximate surface area is 171 Å². The second kappa shape index (κ2) is 8.08. The predicted molar refractivity (Wildman–Crippen MR) is 109 cm³/mol. The number of aliphatic hydroxyl groups is 4. The van der Waals surface area contributed by atoms with Crippen LogP contribution in [-0.4, -0.2) is 51.4 Å². The Balaban J connectivity index is 1.58. The molecule has 2 heterocycles. The van der Waals surface area contributed by atoms with Gasteiger partial charge in [0, 0.05) is 21.0 Å². The van der Waals surface area contributed by atoms with Gasteiger partial charge in [-0.2, -0.15) is 0 Å². The Hall–Kier alpha value is -1.51. The van der Waals surface area contributed by atoms with Crippen LogP contribution in [0.5, 0.6) is 0 Å². The lowest BCUT2D eigenvalue weighted by Crippen LogP contribution is -2.55. The van der Waals surface area contributed by atoms with E-state index in [9.17, 15) is 20.4 Å². The number of aliphatic hydroxyl groups excluding tert-OH is 4. The molecule has 1 fully saturated rings. The van der Waals surface area contributed by atoms with Gasteiger partial charge in [0.05, 0.1) is 6.61 Å².